The molecule has 5 nitrogen and oxygen atoms in total. The van der Waals surface area contributed by atoms with Crippen molar-refractivity contribution in [2.75, 3.05) is 0 Å². The highest BCUT2D eigenvalue weighted by Gasteiger charge is 2.25. The van der Waals surface area contributed by atoms with Crippen molar-refractivity contribution in [3.63, 3.8) is 0 Å². The van der Waals surface area contributed by atoms with Crippen LogP contribution >= 0.6 is 0 Å². The fourth-order valence-corrected chi connectivity index (χ4v) is 2.99. The van der Waals surface area contributed by atoms with Crippen LogP contribution in [-0.2, 0) is 4.79 Å². The summed E-state index contributed by atoms with van der Waals surface area (Å²) in [6, 6.07) is 17.1. The van der Waals surface area contributed by atoms with Gasteiger partial charge in [-0.15, -0.1) is 0 Å². The van der Waals surface area contributed by atoms with Gasteiger partial charge in [0.05, 0.1) is 6.04 Å². The Morgan fingerprint density at radius 2 is 1.64 bits per heavy atom. The summed E-state index contributed by atoms with van der Waals surface area (Å²) in [5.74, 6) is -1.84. The Bertz CT molecular complexity index is 951. The Balaban J connectivity index is 2.35. The molecule has 0 aliphatic rings. The summed E-state index contributed by atoms with van der Waals surface area (Å²) in [7, 11) is 0. The topological polar surface area (TPSA) is 86.6 Å². The average molecular weight is 335 g/mol. The maximum Gasteiger partial charge on any atom is 0.339 e. The van der Waals surface area contributed by atoms with Crippen LogP contribution in [0.3, 0.4) is 0 Å². The van der Waals surface area contributed by atoms with E-state index in [1.807, 2.05) is 36.4 Å². The monoisotopic (exact) mass is 335 g/mol. The van der Waals surface area contributed by atoms with E-state index < -0.39 is 12.0 Å². The molecule has 0 saturated carbocycles. The van der Waals surface area contributed by atoms with Gasteiger partial charge in [0, 0.05) is 12.5 Å². The third-order valence-electron chi connectivity index (χ3n) is 4.06. The molecule has 5 heteroatoms. The predicted molar refractivity (Wildman–Crippen MR) is 94.7 cm³/mol. The van der Waals surface area contributed by atoms with Crippen molar-refractivity contribution in [2.45, 2.75) is 13.0 Å². The summed E-state index contributed by atoms with van der Waals surface area (Å²) in [6.07, 6.45) is 0. The second-order valence-corrected chi connectivity index (χ2v) is 5.76. The van der Waals surface area contributed by atoms with Gasteiger partial charge in [-0.2, -0.15) is 0 Å². The minimum atomic E-state index is -1.22. The van der Waals surface area contributed by atoms with Crippen molar-refractivity contribution in [1.29, 1.82) is 0 Å². The Morgan fingerprint density at radius 3 is 2.28 bits per heavy atom. The van der Waals surface area contributed by atoms with Crippen LogP contribution in [-0.4, -0.2) is 22.1 Å². The summed E-state index contributed by atoms with van der Waals surface area (Å²) in [5, 5.41) is 24.3. The quantitative estimate of drug-likeness (QED) is 0.681. The SMILES string of the molecule is CC(=O)NC(c1ccccc1)c1c(O)c(C(=O)O)cc2ccccc12. The summed E-state index contributed by atoms with van der Waals surface area (Å²) >= 11 is 0. The van der Waals surface area contributed by atoms with Crippen LogP contribution < -0.4 is 5.32 Å². The highest BCUT2D eigenvalue weighted by atomic mass is 16.4. The van der Waals surface area contributed by atoms with Gasteiger partial charge in [0.25, 0.3) is 0 Å². The minimum absolute atomic E-state index is 0.194. The number of benzene rings is 3. The van der Waals surface area contributed by atoms with Gasteiger partial charge >= 0.3 is 5.97 Å². The number of carboxylic acid groups (broad SMARTS) is 1. The lowest BCUT2D eigenvalue weighted by atomic mass is 9.90. The first-order valence-electron chi connectivity index (χ1n) is 7.79. The highest BCUT2D eigenvalue weighted by molar-refractivity contribution is 6.00. The molecule has 25 heavy (non-hydrogen) atoms. The Morgan fingerprint density at radius 1 is 1.00 bits per heavy atom. The normalized spacial score (nSPS) is 11.9. The van der Waals surface area contributed by atoms with E-state index in [-0.39, 0.29) is 17.2 Å². The minimum Gasteiger partial charge on any atom is -0.507 e. The number of aromatic carboxylic acids is 1. The first-order valence-corrected chi connectivity index (χ1v) is 7.79. The Labute approximate surface area is 144 Å². The second kappa shape index (κ2) is 6.65. The molecular formula is C20H17NO4. The third-order valence-corrected chi connectivity index (χ3v) is 4.06. The van der Waals surface area contributed by atoms with E-state index in [1.54, 1.807) is 18.2 Å². The molecule has 0 saturated heterocycles. The predicted octanol–water partition coefficient (Wildman–Crippen LogP) is 3.47. The van der Waals surface area contributed by atoms with Crippen LogP contribution in [0.15, 0.2) is 60.7 Å². The number of aromatic hydroxyl groups is 1. The van der Waals surface area contributed by atoms with E-state index in [0.29, 0.717) is 16.3 Å². The lowest BCUT2D eigenvalue weighted by molar-refractivity contribution is -0.119. The molecule has 1 unspecified atom stereocenters. The number of carbonyl (C=O) groups excluding carboxylic acids is 1. The molecule has 0 aliphatic heterocycles. The molecule has 0 aromatic heterocycles. The number of hydrogen-bond acceptors (Lipinski definition) is 3. The number of rotatable bonds is 4. The molecule has 3 aromatic rings. The number of nitrogens with one attached hydrogen (secondary N) is 1. The van der Waals surface area contributed by atoms with Crippen LogP contribution in [0.2, 0.25) is 0 Å². The molecule has 0 radical (unpaired) electrons. The van der Waals surface area contributed by atoms with E-state index in [2.05, 4.69) is 5.32 Å². The molecule has 0 heterocycles. The van der Waals surface area contributed by atoms with Gasteiger partial charge < -0.3 is 15.5 Å². The number of carbonyl (C=O) groups is 2. The molecule has 3 N–H and O–H groups in total. The third kappa shape index (κ3) is 3.17. The highest BCUT2D eigenvalue weighted by Crippen LogP contribution is 2.38. The summed E-state index contributed by atoms with van der Waals surface area (Å²) in [6.45, 7) is 1.39. The maximum atomic E-state index is 11.8. The molecule has 0 spiro atoms. The number of hydrogen-bond donors (Lipinski definition) is 3. The number of carboxylic acids is 1. The summed E-state index contributed by atoms with van der Waals surface area (Å²) < 4.78 is 0. The zero-order valence-electron chi connectivity index (χ0n) is 13.6. The van der Waals surface area contributed by atoms with Crippen molar-refractivity contribution in [3.05, 3.63) is 77.4 Å². The van der Waals surface area contributed by atoms with Gasteiger partial charge in [-0.1, -0.05) is 54.6 Å². The fourth-order valence-electron chi connectivity index (χ4n) is 2.99. The first-order chi connectivity index (χ1) is 12.0. The van der Waals surface area contributed by atoms with Crippen LogP contribution in [0.1, 0.15) is 34.5 Å². The molecule has 126 valence electrons. The Kier molecular flexibility index (Phi) is 4.39. The van der Waals surface area contributed by atoms with Crippen LogP contribution in [0.4, 0.5) is 0 Å². The molecule has 0 aliphatic carbocycles. The zero-order chi connectivity index (χ0) is 18.0. The van der Waals surface area contributed by atoms with Crippen molar-refractivity contribution in [1.82, 2.24) is 5.32 Å². The van der Waals surface area contributed by atoms with Gasteiger partial charge in [0.2, 0.25) is 5.91 Å². The molecule has 1 amide bonds. The zero-order valence-corrected chi connectivity index (χ0v) is 13.6. The van der Waals surface area contributed by atoms with Crippen LogP contribution in [0, 0.1) is 0 Å². The number of amides is 1. The van der Waals surface area contributed by atoms with Crippen molar-refractivity contribution >= 4 is 22.6 Å². The molecule has 3 rings (SSSR count). The second-order valence-electron chi connectivity index (χ2n) is 5.76. The standard InChI is InChI=1S/C20H17NO4/c1-12(22)21-18(13-7-3-2-4-8-13)17-15-10-6-5-9-14(15)11-16(19(17)23)20(24)25/h2-11,18,23H,1H3,(H,21,22)(H,24,25). The first kappa shape index (κ1) is 16.5. The van der Waals surface area contributed by atoms with Crippen LogP contribution in [0.25, 0.3) is 10.8 Å². The number of phenols is 1. The van der Waals surface area contributed by atoms with E-state index in [9.17, 15) is 19.8 Å². The molecular weight excluding hydrogens is 318 g/mol. The van der Waals surface area contributed by atoms with Gasteiger partial charge in [0.15, 0.2) is 0 Å². The van der Waals surface area contributed by atoms with E-state index in [0.717, 1.165) is 5.56 Å². The van der Waals surface area contributed by atoms with E-state index >= 15 is 0 Å². The van der Waals surface area contributed by atoms with E-state index in [4.69, 9.17) is 0 Å². The molecule has 3 aromatic carbocycles. The fraction of sp³-hybridized carbons (Fsp3) is 0.100. The molecule has 0 fully saturated rings. The van der Waals surface area contributed by atoms with Gasteiger partial charge in [-0.25, -0.2) is 4.79 Å². The van der Waals surface area contributed by atoms with Crippen molar-refractivity contribution in [2.24, 2.45) is 0 Å². The van der Waals surface area contributed by atoms with Gasteiger partial charge in [-0.3, -0.25) is 4.79 Å². The maximum absolute atomic E-state index is 11.8. The molecule has 1 atom stereocenters. The largest absolute Gasteiger partial charge is 0.507 e. The average Bonchev–Trinajstić information content (AvgIpc) is 2.60. The van der Waals surface area contributed by atoms with Gasteiger partial charge in [0.1, 0.15) is 11.3 Å². The Hall–Kier alpha value is -3.34. The lowest BCUT2D eigenvalue weighted by Gasteiger charge is -2.23. The molecule has 0 bridgehead atoms. The van der Waals surface area contributed by atoms with Gasteiger partial charge in [-0.05, 0) is 22.4 Å². The lowest BCUT2D eigenvalue weighted by Crippen LogP contribution is -2.27. The van der Waals surface area contributed by atoms with Crippen molar-refractivity contribution in [3.8, 4) is 5.75 Å². The summed E-state index contributed by atoms with van der Waals surface area (Å²) in [4.78, 5) is 23.3. The summed E-state index contributed by atoms with van der Waals surface area (Å²) in [5.41, 5.74) is 0.928. The smallest absolute Gasteiger partial charge is 0.339 e. The number of fused-ring (bicyclic) bond motifs is 1. The van der Waals surface area contributed by atoms with Crippen LogP contribution in [0.5, 0.6) is 5.75 Å². The van der Waals surface area contributed by atoms with Crippen molar-refractivity contribution < 1.29 is 19.8 Å². The van der Waals surface area contributed by atoms with E-state index in [1.165, 1.54) is 13.0 Å².